The minimum atomic E-state index is -0.694. The Labute approximate surface area is 249 Å². The molecule has 0 saturated carbocycles. The summed E-state index contributed by atoms with van der Waals surface area (Å²) in [6.45, 7) is 20.7. The van der Waals surface area contributed by atoms with Gasteiger partial charge in [0, 0.05) is 35.8 Å². The summed E-state index contributed by atoms with van der Waals surface area (Å²) in [6, 6.07) is 7.73. The Morgan fingerprint density at radius 2 is 1.80 bits per heavy atom. The zero-order valence-corrected chi connectivity index (χ0v) is 27.2. The van der Waals surface area contributed by atoms with E-state index in [0.29, 0.717) is 18.2 Å². The third kappa shape index (κ3) is 3.97. The highest BCUT2D eigenvalue weighted by Gasteiger charge is 2.66. The summed E-state index contributed by atoms with van der Waals surface area (Å²) in [6.07, 6.45) is 5.63. The lowest BCUT2D eigenvalue weighted by Gasteiger charge is -2.60. The van der Waals surface area contributed by atoms with E-state index in [1.807, 2.05) is 47.9 Å². The second kappa shape index (κ2) is 10.0. The number of nitrogens with zero attached hydrogens (tertiary/aromatic N) is 4. The van der Waals surface area contributed by atoms with E-state index >= 15 is 0 Å². The van der Waals surface area contributed by atoms with Crippen LogP contribution in [0.25, 0.3) is 0 Å². The van der Waals surface area contributed by atoms with Crippen molar-refractivity contribution >= 4 is 35.2 Å². The number of urea groups is 1. The van der Waals surface area contributed by atoms with E-state index in [4.69, 9.17) is 21.3 Å². The number of thioether (sulfide) groups is 1. The summed E-state index contributed by atoms with van der Waals surface area (Å²) in [5.41, 5.74) is 1.55. The maximum atomic E-state index is 14.7. The molecule has 0 radical (unpaired) electrons. The van der Waals surface area contributed by atoms with Gasteiger partial charge in [-0.25, -0.2) is 4.79 Å². The lowest BCUT2D eigenvalue weighted by molar-refractivity contribution is 0.0537. The molecule has 4 aliphatic rings. The van der Waals surface area contributed by atoms with Crippen LogP contribution in [0.5, 0.6) is 0 Å². The lowest BCUT2D eigenvalue weighted by Crippen LogP contribution is -2.68. The fraction of sp³-hybridized carbons (Fsp3) is 0.625. The second-order valence-corrected chi connectivity index (χ2v) is 14.5. The first kappa shape index (κ1) is 29.4. The van der Waals surface area contributed by atoms with Gasteiger partial charge in [0.15, 0.2) is 0 Å². The van der Waals surface area contributed by atoms with Crippen molar-refractivity contribution < 1.29 is 9.53 Å². The molecule has 0 N–H and O–H groups in total. The molecule has 40 heavy (non-hydrogen) atoms. The summed E-state index contributed by atoms with van der Waals surface area (Å²) < 4.78 is 6.56. The van der Waals surface area contributed by atoms with E-state index < -0.39 is 11.0 Å². The van der Waals surface area contributed by atoms with Crippen molar-refractivity contribution in [2.75, 3.05) is 38.2 Å². The molecule has 5 rings (SSSR count). The molecule has 218 valence electrons. The van der Waals surface area contributed by atoms with Crippen molar-refractivity contribution in [3.05, 3.63) is 58.1 Å². The number of fused-ring (bicyclic) bond motifs is 2. The van der Waals surface area contributed by atoms with Crippen molar-refractivity contribution in [3.63, 3.8) is 0 Å². The van der Waals surface area contributed by atoms with Gasteiger partial charge in [-0.3, -0.25) is 14.8 Å². The first-order valence-corrected chi connectivity index (χ1v) is 16.3. The summed E-state index contributed by atoms with van der Waals surface area (Å²) in [5.74, 6) is 2.79. The fourth-order valence-corrected chi connectivity index (χ4v) is 7.58. The molecule has 2 unspecified atom stereocenters. The van der Waals surface area contributed by atoms with Crippen LogP contribution in [0.3, 0.4) is 0 Å². The Balaban J connectivity index is 1.77. The zero-order chi connectivity index (χ0) is 29.3. The highest BCUT2D eigenvalue weighted by atomic mass is 35.5. The molecule has 0 spiro atoms. The van der Waals surface area contributed by atoms with E-state index in [2.05, 4.69) is 70.6 Å². The molecular formula is C32H45ClN4O2S. The standard InChI is InChI=1S/C32H45ClN4O2S/c1-10-39-24-20-30(6,29(3,4)5)25-26-31(24,7)27-34-21(2)32(8,22-12-14-23(33)15-13-22)37(27)28(38)36(26)18-17-35(25)16-11-19-40-9/h12-15,20-21H,10-11,16-19H2,1-9H3/t21-,30?,31?,32+/m1/s1. The smallest absolute Gasteiger partial charge is 0.330 e. The Bertz CT molecular complexity index is 1280. The lowest BCUT2D eigenvalue weighted by atomic mass is 9.58. The Morgan fingerprint density at radius 1 is 1.12 bits per heavy atom. The molecule has 1 fully saturated rings. The molecule has 3 aliphatic heterocycles. The monoisotopic (exact) mass is 584 g/mol. The van der Waals surface area contributed by atoms with Gasteiger partial charge in [-0.1, -0.05) is 44.5 Å². The van der Waals surface area contributed by atoms with Gasteiger partial charge in [0.05, 0.1) is 23.9 Å². The van der Waals surface area contributed by atoms with E-state index in [1.165, 1.54) is 5.70 Å². The Morgan fingerprint density at radius 3 is 2.40 bits per heavy atom. The van der Waals surface area contributed by atoms with Crippen LogP contribution in [0.2, 0.25) is 5.02 Å². The summed E-state index contributed by atoms with van der Waals surface area (Å²) in [7, 11) is 0. The number of carbonyl (C=O) groups excluding carboxylic acids is 1. The predicted molar refractivity (Wildman–Crippen MR) is 167 cm³/mol. The van der Waals surface area contributed by atoms with Crippen LogP contribution in [0.15, 0.2) is 52.5 Å². The molecule has 6 nitrogen and oxygen atoms in total. The zero-order valence-electron chi connectivity index (χ0n) is 25.6. The molecule has 1 aromatic carbocycles. The number of amidine groups is 1. The largest absolute Gasteiger partial charge is 0.497 e. The molecule has 1 aromatic rings. The molecule has 2 amide bonds. The number of amides is 2. The van der Waals surface area contributed by atoms with Crippen molar-refractivity contribution in [1.82, 2.24) is 14.7 Å². The number of carbonyl (C=O) groups is 1. The number of hydrogen-bond donors (Lipinski definition) is 0. The fourth-order valence-electron chi connectivity index (χ4n) is 7.03. The molecule has 8 heteroatoms. The number of halogens is 1. The van der Waals surface area contributed by atoms with E-state index in [0.717, 1.165) is 48.1 Å². The van der Waals surface area contributed by atoms with Crippen molar-refractivity contribution in [3.8, 4) is 0 Å². The van der Waals surface area contributed by atoms with Crippen LogP contribution in [0, 0.1) is 16.2 Å². The molecule has 0 bridgehead atoms. The van der Waals surface area contributed by atoms with Crippen LogP contribution in [0.4, 0.5) is 4.79 Å². The van der Waals surface area contributed by atoms with Crippen molar-refractivity contribution in [1.29, 1.82) is 0 Å². The van der Waals surface area contributed by atoms with Crippen LogP contribution >= 0.6 is 23.4 Å². The van der Waals surface area contributed by atoms with Gasteiger partial charge in [0.1, 0.15) is 17.0 Å². The third-order valence-electron chi connectivity index (χ3n) is 10.0. The van der Waals surface area contributed by atoms with E-state index in [1.54, 1.807) is 0 Å². The Hall–Kier alpha value is -2.12. The quantitative estimate of drug-likeness (QED) is 0.314. The first-order valence-electron chi connectivity index (χ1n) is 14.6. The Kier molecular flexibility index (Phi) is 7.35. The summed E-state index contributed by atoms with van der Waals surface area (Å²) >= 11 is 8.16. The SMILES string of the molecule is CCOC1=CC(C)(C(C)(C)C)C2=C3N(CCN2CCCSC)C(=O)N2C(=N[C@H](C)[C@@]2(C)c2ccc(Cl)cc2)C13C. The highest BCUT2D eigenvalue weighted by molar-refractivity contribution is 7.98. The average Bonchev–Trinajstić information content (AvgIpc) is 3.18. The topological polar surface area (TPSA) is 48.4 Å². The van der Waals surface area contributed by atoms with E-state index in [9.17, 15) is 4.79 Å². The normalized spacial score (nSPS) is 31.7. The predicted octanol–water partition coefficient (Wildman–Crippen LogP) is 7.37. The first-order chi connectivity index (χ1) is 18.8. The third-order valence-corrected chi connectivity index (χ3v) is 11.0. The maximum absolute atomic E-state index is 14.7. The van der Waals surface area contributed by atoms with Crippen LogP contribution in [0.1, 0.15) is 67.4 Å². The van der Waals surface area contributed by atoms with Crippen molar-refractivity contribution in [2.24, 2.45) is 21.2 Å². The molecule has 0 aromatic heterocycles. The van der Waals surface area contributed by atoms with Gasteiger partial charge >= 0.3 is 6.03 Å². The molecule has 1 saturated heterocycles. The maximum Gasteiger partial charge on any atom is 0.330 e. The van der Waals surface area contributed by atoms with Gasteiger partial charge in [-0.05, 0) is 82.2 Å². The number of rotatable bonds is 7. The molecule has 1 aliphatic carbocycles. The summed E-state index contributed by atoms with van der Waals surface area (Å²) in [4.78, 5) is 26.6. The van der Waals surface area contributed by atoms with Crippen LogP contribution in [-0.2, 0) is 10.3 Å². The van der Waals surface area contributed by atoms with Gasteiger partial charge < -0.3 is 9.64 Å². The number of aliphatic imine (C=N–C) groups is 1. The molecule has 3 heterocycles. The number of allylic oxidation sites excluding steroid dienone is 1. The summed E-state index contributed by atoms with van der Waals surface area (Å²) in [5, 5.41) is 0.679. The minimum Gasteiger partial charge on any atom is -0.497 e. The van der Waals surface area contributed by atoms with Gasteiger partial charge in [-0.15, -0.1) is 0 Å². The number of ether oxygens (including phenoxy) is 1. The van der Waals surface area contributed by atoms with Crippen molar-refractivity contribution in [2.45, 2.75) is 73.4 Å². The number of hydrogen-bond acceptors (Lipinski definition) is 5. The molecular weight excluding hydrogens is 540 g/mol. The van der Waals surface area contributed by atoms with Crippen LogP contribution in [-0.4, -0.2) is 70.9 Å². The molecule has 4 atom stereocenters. The van der Waals surface area contributed by atoms with Crippen LogP contribution < -0.4 is 0 Å². The number of benzene rings is 1. The van der Waals surface area contributed by atoms with Gasteiger partial charge in [0.25, 0.3) is 0 Å². The van der Waals surface area contributed by atoms with Gasteiger partial charge in [0.2, 0.25) is 0 Å². The second-order valence-electron chi connectivity index (χ2n) is 13.1. The minimum absolute atomic E-state index is 0.00305. The van der Waals surface area contributed by atoms with E-state index in [-0.39, 0.29) is 22.9 Å². The average molecular weight is 585 g/mol. The highest BCUT2D eigenvalue weighted by Crippen LogP contribution is 2.62. The van der Waals surface area contributed by atoms with Gasteiger partial charge in [-0.2, -0.15) is 11.8 Å².